The molecule has 1 aromatic rings. The zero-order valence-electron chi connectivity index (χ0n) is 23.1. The quantitative estimate of drug-likeness (QED) is 0.199. The molecular weight excluding hydrogens is 561 g/mol. The molecule has 1 aliphatic rings. The first-order valence-corrected chi connectivity index (χ1v) is 26.8. The molecule has 0 N–H and O–H groups in total. The molecule has 194 valence electrons. The van der Waals surface area contributed by atoms with Crippen LogP contribution in [0.2, 0.25) is 37.4 Å². The van der Waals surface area contributed by atoms with Crippen molar-refractivity contribution in [3.63, 3.8) is 0 Å². The second kappa shape index (κ2) is 13.4. The minimum atomic E-state index is -3.45. The predicted octanol–water partition coefficient (Wildman–Crippen LogP) is 8.27. The van der Waals surface area contributed by atoms with E-state index >= 15 is 0 Å². The van der Waals surface area contributed by atoms with Gasteiger partial charge in [-0.05, 0) is 0 Å². The van der Waals surface area contributed by atoms with Gasteiger partial charge in [0.2, 0.25) is 0 Å². The summed E-state index contributed by atoms with van der Waals surface area (Å²) < 4.78 is 34.9. The Bertz CT molecular complexity index is 868. The van der Waals surface area contributed by atoms with Gasteiger partial charge in [-0.15, -0.1) is 0 Å². The van der Waals surface area contributed by atoms with E-state index in [1.165, 1.54) is 61.8 Å². The van der Waals surface area contributed by atoms with E-state index in [4.69, 9.17) is 0 Å². The van der Waals surface area contributed by atoms with Crippen molar-refractivity contribution in [2.24, 2.45) is 5.92 Å². The number of rotatable bonds is 14. The van der Waals surface area contributed by atoms with Crippen LogP contribution in [0.5, 0.6) is 0 Å². The summed E-state index contributed by atoms with van der Waals surface area (Å²) >= 11 is -2.39. The maximum atomic E-state index is 13.6. The fourth-order valence-electron chi connectivity index (χ4n) is 5.58. The summed E-state index contributed by atoms with van der Waals surface area (Å²) in [4.78, 5) is 0.448. The van der Waals surface area contributed by atoms with E-state index in [9.17, 15) is 8.42 Å². The first-order chi connectivity index (χ1) is 16.0. The van der Waals surface area contributed by atoms with Gasteiger partial charge in [0, 0.05) is 0 Å². The number of hydrogen-bond donors (Lipinski definition) is 0. The van der Waals surface area contributed by atoms with E-state index in [1.54, 1.807) is 12.1 Å². The summed E-state index contributed by atoms with van der Waals surface area (Å²) in [5, 5.41) is 0. The first kappa shape index (κ1) is 30.1. The molecule has 1 saturated heterocycles. The van der Waals surface area contributed by atoms with Crippen molar-refractivity contribution in [1.82, 2.24) is 4.31 Å². The first-order valence-electron chi connectivity index (χ1n) is 13.7. The van der Waals surface area contributed by atoms with Crippen molar-refractivity contribution in [3.05, 3.63) is 41.1 Å². The number of sulfonamides is 1. The van der Waals surface area contributed by atoms with E-state index in [-0.39, 0.29) is 0 Å². The van der Waals surface area contributed by atoms with Crippen LogP contribution in [0.25, 0.3) is 0 Å². The predicted molar refractivity (Wildman–Crippen MR) is 155 cm³/mol. The Kier molecular flexibility index (Phi) is 11.9. The summed E-state index contributed by atoms with van der Waals surface area (Å²) in [6.45, 7) is 17.4. The number of unbranched alkanes of at least 4 members (excludes halogenated alkanes) is 3. The zero-order valence-corrected chi connectivity index (χ0v) is 27.8. The van der Waals surface area contributed by atoms with Gasteiger partial charge in [0.25, 0.3) is 0 Å². The molecule has 6 heteroatoms. The molecule has 1 atom stereocenters. The molecule has 0 aromatic heterocycles. The molecule has 34 heavy (non-hydrogen) atoms. The molecule has 1 fully saturated rings. The van der Waals surface area contributed by atoms with Crippen LogP contribution in [0.15, 0.2) is 40.4 Å². The minimum absolute atomic E-state index is 0.438. The Morgan fingerprint density at radius 3 is 1.88 bits per heavy atom. The fraction of sp³-hybridized carbons (Fsp3) is 0.714. The van der Waals surface area contributed by atoms with Gasteiger partial charge in [0.05, 0.1) is 0 Å². The zero-order chi connectivity index (χ0) is 25.4. The standard InChI is InChI=1S/C16H24NO2SSi.3C4H9.Sn/c1-13-6-8-16(9-7-13)20(18,19)17-10-14(2)15(11-17)12-21(3,4)5;3*1-3-4-2;/h6-9,12,14H,2,10-11H2,1,3-5H3;3*1,3-4H2,2H3;/b15-12-;;;;. The van der Waals surface area contributed by atoms with Gasteiger partial charge in [-0.2, -0.15) is 0 Å². The summed E-state index contributed by atoms with van der Waals surface area (Å²) in [6.07, 6.45) is 7.96. The molecule has 1 heterocycles. The molecular formula is C28H51NO2SSiSn. The Balaban J connectivity index is 2.41. The SMILES string of the molecule is CCC[CH2][Sn]([CH2]CCC)([CH2]CCC)[CH2]C1CN(S(=O)(=O)c2ccc(C)cc2)C/C1=C/[Si](C)(C)C. The van der Waals surface area contributed by atoms with Crippen LogP contribution in [0, 0.1) is 12.8 Å². The second-order valence-electron chi connectivity index (χ2n) is 11.9. The average Bonchev–Trinajstić information content (AvgIpc) is 3.16. The van der Waals surface area contributed by atoms with Crippen LogP contribution in [-0.4, -0.2) is 52.3 Å². The van der Waals surface area contributed by atoms with Gasteiger partial charge in [-0.1, -0.05) is 0 Å². The van der Waals surface area contributed by atoms with Crippen molar-refractivity contribution in [2.75, 3.05) is 13.1 Å². The van der Waals surface area contributed by atoms with E-state index in [0.717, 1.165) is 5.56 Å². The number of hydrogen-bond acceptors (Lipinski definition) is 2. The molecule has 2 rings (SSSR count). The summed E-state index contributed by atoms with van der Waals surface area (Å²) in [6, 6.07) is 7.41. The van der Waals surface area contributed by atoms with Crippen molar-refractivity contribution in [3.8, 4) is 0 Å². The van der Waals surface area contributed by atoms with E-state index < -0.39 is 36.5 Å². The van der Waals surface area contributed by atoms with Crippen LogP contribution in [-0.2, 0) is 10.0 Å². The van der Waals surface area contributed by atoms with E-state index in [2.05, 4.69) is 46.1 Å². The van der Waals surface area contributed by atoms with Crippen molar-refractivity contribution < 1.29 is 8.42 Å². The van der Waals surface area contributed by atoms with Crippen LogP contribution in [0.1, 0.15) is 64.9 Å². The van der Waals surface area contributed by atoms with Gasteiger partial charge in [-0.25, -0.2) is 0 Å². The van der Waals surface area contributed by atoms with Gasteiger partial charge in [-0.3, -0.25) is 0 Å². The van der Waals surface area contributed by atoms with Crippen LogP contribution >= 0.6 is 0 Å². The van der Waals surface area contributed by atoms with Gasteiger partial charge < -0.3 is 0 Å². The molecule has 0 saturated carbocycles. The summed E-state index contributed by atoms with van der Waals surface area (Å²) in [5.41, 5.74) is 5.08. The third-order valence-corrected chi connectivity index (χ3v) is 26.5. The summed E-state index contributed by atoms with van der Waals surface area (Å²) in [7, 11) is -4.90. The number of aryl methyl sites for hydroxylation is 1. The van der Waals surface area contributed by atoms with Crippen LogP contribution in [0.4, 0.5) is 0 Å². The molecule has 0 amide bonds. The molecule has 1 aromatic carbocycles. The maximum absolute atomic E-state index is 13.6. The van der Waals surface area contributed by atoms with Gasteiger partial charge in [0.1, 0.15) is 0 Å². The molecule has 0 spiro atoms. The van der Waals surface area contributed by atoms with Crippen molar-refractivity contribution in [1.29, 1.82) is 0 Å². The van der Waals surface area contributed by atoms with E-state index in [1.807, 2.05) is 23.4 Å². The molecule has 0 radical (unpaired) electrons. The number of benzene rings is 1. The Hall–Kier alpha value is -0.114. The molecule has 1 unspecified atom stereocenters. The van der Waals surface area contributed by atoms with Gasteiger partial charge >= 0.3 is 218 Å². The Morgan fingerprint density at radius 1 is 0.941 bits per heavy atom. The van der Waals surface area contributed by atoms with Crippen LogP contribution in [0.3, 0.4) is 0 Å². The van der Waals surface area contributed by atoms with Crippen LogP contribution < -0.4 is 0 Å². The van der Waals surface area contributed by atoms with Gasteiger partial charge in [0.15, 0.2) is 0 Å². The molecule has 0 bridgehead atoms. The Labute approximate surface area is 216 Å². The number of nitrogens with zero attached hydrogens (tertiary/aromatic N) is 1. The molecule has 3 nitrogen and oxygen atoms in total. The normalized spacial score (nSPS) is 19.3. The fourth-order valence-corrected chi connectivity index (χ4v) is 25.9. The second-order valence-corrected chi connectivity index (χ2v) is 32.9. The average molecular weight is 613 g/mol. The molecule has 1 aliphatic heterocycles. The topological polar surface area (TPSA) is 37.4 Å². The van der Waals surface area contributed by atoms with E-state index in [0.29, 0.717) is 23.9 Å². The third-order valence-electron chi connectivity index (χ3n) is 7.45. The monoisotopic (exact) mass is 613 g/mol. The Morgan fingerprint density at radius 2 is 1.44 bits per heavy atom. The van der Waals surface area contributed by atoms with Crippen molar-refractivity contribution >= 4 is 36.5 Å². The summed E-state index contributed by atoms with van der Waals surface area (Å²) in [5.74, 6) is 0.438. The van der Waals surface area contributed by atoms with Crippen molar-refractivity contribution in [2.45, 2.75) is 109 Å². The third kappa shape index (κ3) is 8.77. The molecule has 0 aliphatic carbocycles.